The Hall–Kier alpha value is 0.0900. The summed E-state index contributed by atoms with van der Waals surface area (Å²) in [5, 5.41) is 1.79. The van der Waals surface area contributed by atoms with Crippen LogP contribution in [-0.4, -0.2) is 25.8 Å². The normalized spacial score (nSPS) is 21.4. The Morgan fingerprint density at radius 3 is 2.62 bits per heavy atom. The highest BCUT2D eigenvalue weighted by Crippen LogP contribution is 2.36. The van der Waals surface area contributed by atoms with Gasteiger partial charge in [-0.3, -0.25) is 0 Å². The number of hydrogen-bond donors (Lipinski definition) is 0. The fraction of sp³-hybridized carbons (Fsp3) is 0.600. The molecule has 6 heteroatoms. The van der Waals surface area contributed by atoms with Crippen molar-refractivity contribution in [2.75, 3.05) is 13.1 Å². The highest BCUT2D eigenvalue weighted by molar-refractivity contribution is 9.10. The van der Waals surface area contributed by atoms with E-state index in [1.807, 2.05) is 0 Å². The van der Waals surface area contributed by atoms with Crippen molar-refractivity contribution in [3.63, 3.8) is 0 Å². The molecule has 0 saturated carbocycles. The van der Waals surface area contributed by atoms with E-state index in [4.69, 9.17) is 0 Å². The van der Waals surface area contributed by atoms with Gasteiger partial charge in [-0.05, 0) is 39.2 Å². The first-order valence-corrected chi connectivity index (χ1v) is 8.17. The van der Waals surface area contributed by atoms with Crippen molar-refractivity contribution in [1.82, 2.24) is 4.31 Å². The zero-order valence-corrected chi connectivity index (χ0v) is 12.5. The van der Waals surface area contributed by atoms with Crippen molar-refractivity contribution in [3.05, 3.63) is 15.9 Å². The van der Waals surface area contributed by atoms with Gasteiger partial charge in [0.1, 0.15) is 4.21 Å². The average molecular weight is 324 g/mol. The van der Waals surface area contributed by atoms with Crippen LogP contribution in [-0.2, 0) is 10.0 Å². The zero-order chi connectivity index (χ0) is 12.0. The molecule has 2 rings (SSSR count). The summed E-state index contributed by atoms with van der Waals surface area (Å²) in [6.45, 7) is 5.44. The van der Waals surface area contributed by atoms with E-state index in [-0.39, 0.29) is 5.41 Å². The second-order valence-electron chi connectivity index (χ2n) is 4.81. The fourth-order valence-electron chi connectivity index (χ4n) is 1.85. The molecule has 16 heavy (non-hydrogen) atoms. The largest absolute Gasteiger partial charge is 0.253 e. The van der Waals surface area contributed by atoms with E-state index in [2.05, 4.69) is 29.8 Å². The second kappa shape index (κ2) is 4.08. The van der Waals surface area contributed by atoms with Gasteiger partial charge in [0.2, 0.25) is 0 Å². The predicted molar refractivity (Wildman–Crippen MR) is 69.2 cm³/mol. The van der Waals surface area contributed by atoms with E-state index in [1.165, 1.54) is 11.3 Å². The minimum Gasteiger partial charge on any atom is -0.206 e. The van der Waals surface area contributed by atoms with E-state index in [0.717, 1.165) is 6.42 Å². The van der Waals surface area contributed by atoms with Crippen LogP contribution in [0, 0.1) is 5.41 Å². The lowest BCUT2D eigenvalue weighted by molar-refractivity contribution is 0.376. The summed E-state index contributed by atoms with van der Waals surface area (Å²) in [5.41, 5.74) is 0.0941. The Labute approximate surface area is 109 Å². The lowest BCUT2D eigenvalue weighted by Gasteiger charge is -2.19. The van der Waals surface area contributed by atoms with Crippen LogP contribution in [0.4, 0.5) is 0 Å². The highest BCUT2D eigenvalue weighted by Gasteiger charge is 2.38. The van der Waals surface area contributed by atoms with Gasteiger partial charge in [-0.25, -0.2) is 8.42 Å². The molecule has 90 valence electrons. The van der Waals surface area contributed by atoms with Crippen molar-refractivity contribution in [3.8, 4) is 0 Å². The molecule has 0 amide bonds. The fourth-order valence-corrected chi connectivity index (χ4v) is 5.93. The SMILES string of the molecule is CC1(C)CCN(S(=O)(=O)c2sccc2Br)C1. The average Bonchev–Trinajstić information content (AvgIpc) is 2.72. The Bertz CT molecular complexity index is 493. The first-order chi connectivity index (χ1) is 7.33. The summed E-state index contributed by atoms with van der Waals surface area (Å²) in [7, 11) is -3.29. The molecular formula is C10H14BrNO2S2. The van der Waals surface area contributed by atoms with Crippen molar-refractivity contribution in [1.29, 1.82) is 0 Å². The molecule has 1 aromatic heterocycles. The molecule has 0 aromatic carbocycles. The number of rotatable bonds is 2. The van der Waals surface area contributed by atoms with Crippen LogP contribution in [0.1, 0.15) is 20.3 Å². The van der Waals surface area contributed by atoms with Crippen molar-refractivity contribution < 1.29 is 8.42 Å². The first kappa shape index (κ1) is 12.5. The van der Waals surface area contributed by atoms with Crippen LogP contribution >= 0.6 is 27.3 Å². The number of sulfonamides is 1. The van der Waals surface area contributed by atoms with E-state index >= 15 is 0 Å². The summed E-state index contributed by atoms with van der Waals surface area (Å²) < 4.78 is 27.3. The predicted octanol–water partition coefficient (Wildman–Crippen LogP) is 2.93. The van der Waals surface area contributed by atoms with Crippen molar-refractivity contribution in [2.45, 2.75) is 24.5 Å². The molecule has 2 heterocycles. The molecule has 0 atom stereocenters. The molecule has 1 fully saturated rings. The first-order valence-electron chi connectivity index (χ1n) is 5.06. The molecular weight excluding hydrogens is 310 g/mol. The summed E-state index contributed by atoms with van der Waals surface area (Å²) in [6, 6.07) is 1.78. The van der Waals surface area contributed by atoms with E-state index in [1.54, 1.807) is 15.8 Å². The molecule has 1 aromatic rings. The van der Waals surface area contributed by atoms with Crippen LogP contribution in [0.2, 0.25) is 0 Å². The Kier molecular flexibility index (Phi) is 3.20. The molecule has 0 bridgehead atoms. The van der Waals surface area contributed by atoms with Crippen LogP contribution in [0.3, 0.4) is 0 Å². The van der Waals surface area contributed by atoms with E-state index < -0.39 is 10.0 Å². The highest BCUT2D eigenvalue weighted by atomic mass is 79.9. The standard InChI is InChI=1S/C10H14BrNO2S2/c1-10(2)4-5-12(7-10)16(13,14)9-8(11)3-6-15-9/h3,6H,4-5,7H2,1-2H3. The lowest BCUT2D eigenvalue weighted by Crippen LogP contribution is -2.30. The van der Waals surface area contributed by atoms with Gasteiger partial charge in [-0.15, -0.1) is 11.3 Å². The van der Waals surface area contributed by atoms with Gasteiger partial charge in [-0.1, -0.05) is 13.8 Å². The maximum atomic E-state index is 12.3. The number of hydrogen-bond acceptors (Lipinski definition) is 3. The number of nitrogens with zero attached hydrogens (tertiary/aromatic N) is 1. The summed E-state index contributed by atoms with van der Waals surface area (Å²) in [5.74, 6) is 0. The Morgan fingerprint density at radius 2 is 2.19 bits per heavy atom. The molecule has 0 aliphatic carbocycles. The van der Waals surface area contributed by atoms with Gasteiger partial charge >= 0.3 is 0 Å². The van der Waals surface area contributed by atoms with Crippen LogP contribution in [0.25, 0.3) is 0 Å². The van der Waals surface area contributed by atoms with Gasteiger partial charge in [0.15, 0.2) is 0 Å². The molecule has 1 saturated heterocycles. The molecule has 0 N–H and O–H groups in total. The summed E-state index contributed by atoms with van der Waals surface area (Å²) in [6.07, 6.45) is 0.926. The van der Waals surface area contributed by atoms with Crippen molar-refractivity contribution >= 4 is 37.3 Å². The third-order valence-electron chi connectivity index (χ3n) is 2.80. The van der Waals surface area contributed by atoms with E-state index in [9.17, 15) is 8.42 Å². The molecule has 1 aliphatic heterocycles. The number of halogens is 1. The zero-order valence-electron chi connectivity index (χ0n) is 9.23. The Balaban J connectivity index is 2.32. The summed E-state index contributed by atoms with van der Waals surface area (Å²) in [4.78, 5) is 0. The smallest absolute Gasteiger partial charge is 0.206 e. The molecule has 1 aliphatic rings. The van der Waals surface area contributed by atoms with Gasteiger partial charge in [-0.2, -0.15) is 4.31 Å². The molecule has 3 nitrogen and oxygen atoms in total. The molecule has 0 unspecified atom stereocenters. The van der Waals surface area contributed by atoms with Crippen LogP contribution < -0.4 is 0 Å². The number of thiophene rings is 1. The van der Waals surface area contributed by atoms with Crippen molar-refractivity contribution in [2.24, 2.45) is 5.41 Å². The van der Waals surface area contributed by atoms with Crippen LogP contribution in [0.5, 0.6) is 0 Å². The Morgan fingerprint density at radius 1 is 1.50 bits per heavy atom. The van der Waals surface area contributed by atoms with Crippen LogP contribution in [0.15, 0.2) is 20.1 Å². The molecule has 0 spiro atoms. The minimum absolute atomic E-state index is 0.0941. The second-order valence-corrected chi connectivity index (χ2v) is 8.71. The third kappa shape index (κ3) is 2.20. The van der Waals surface area contributed by atoms with Gasteiger partial charge in [0, 0.05) is 17.6 Å². The van der Waals surface area contributed by atoms with Gasteiger partial charge in [0.05, 0.1) is 0 Å². The quantitative estimate of drug-likeness (QED) is 0.839. The lowest BCUT2D eigenvalue weighted by atomic mass is 9.93. The maximum absolute atomic E-state index is 12.3. The molecule has 0 radical (unpaired) electrons. The monoisotopic (exact) mass is 323 g/mol. The van der Waals surface area contributed by atoms with Gasteiger partial charge in [0.25, 0.3) is 10.0 Å². The minimum atomic E-state index is -3.29. The summed E-state index contributed by atoms with van der Waals surface area (Å²) >= 11 is 4.55. The third-order valence-corrected chi connectivity index (χ3v) is 7.29. The van der Waals surface area contributed by atoms with E-state index in [0.29, 0.717) is 21.8 Å². The maximum Gasteiger partial charge on any atom is 0.253 e. The topological polar surface area (TPSA) is 37.4 Å². The van der Waals surface area contributed by atoms with Gasteiger partial charge < -0.3 is 0 Å².